The summed E-state index contributed by atoms with van der Waals surface area (Å²) in [4.78, 5) is 14.3. The number of hydrogen-bond acceptors (Lipinski definition) is 5. The van der Waals surface area contributed by atoms with E-state index in [-0.39, 0.29) is 5.76 Å². The molecule has 2 rings (SSSR count). The Balaban J connectivity index is 1.83. The number of hydrogen-bond donors (Lipinski definition) is 2. The Hall–Kier alpha value is -2.08. The molecular formula is C10H10N2O4. The Bertz CT molecular complexity index is 461. The van der Waals surface area contributed by atoms with E-state index in [9.17, 15) is 4.79 Å². The number of nitrogens with one attached hydrogen (secondary N) is 1. The van der Waals surface area contributed by atoms with Crippen LogP contribution in [-0.2, 0) is 13.1 Å². The van der Waals surface area contributed by atoms with Crippen LogP contribution in [0.5, 0.6) is 0 Å². The number of carboxylic acid groups (broad SMARTS) is 1. The van der Waals surface area contributed by atoms with E-state index in [1.165, 1.54) is 6.20 Å². The predicted molar refractivity (Wildman–Crippen MR) is 52.7 cm³/mol. The molecule has 0 aliphatic heterocycles. The Kier molecular flexibility index (Phi) is 3.02. The highest BCUT2D eigenvalue weighted by molar-refractivity contribution is 5.83. The zero-order valence-electron chi connectivity index (χ0n) is 8.34. The van der Waals surface area contributed by atoms with Crippen molar-refractivity contribution in [2.75, 3.05) is 0 Å². The SMILES string of the molecule is O=C(O)c1cnc(CNCc2ccco2)o1. The number of carbonyl (C=O) groups is 1. The fraction of sp³-hybridized carbons (Fsp3) is 0.200. The van der Waals surface area contributed by atoms with E-state index in [2.05, 4.69) is 10.3 Å². The van der Waals surface area contributed by atoms with Gasteiger partial charge in [0.15, 0.2) is 0 Å². The summed E-state index contributed by atoms with van der Waals surface area (Å²) in [5.41, 5.74) is 0. The second kappa shape index (κ2) is 4.63. The minimum atomic E-state index is -1.12. The van der Waals surface area contributed by atoms with E-state index in [1.807, 2.05) is 6.07 Å². The van der Waals surface area contributed by atoms with E-state index in [0.717, 1.165) is 5.76 Å². The molecule has 0 aliphatic rings. The lowest BCUT2D eigenvalue weighted by molar-refractivity contribution is 0.0660. The van der Waals surface area contributed by atoms with Crippen molar-refractivity contribution in [3.63, 3.8) is 0 Å². The number of carboxylic acids is 1. The first-order valence-electron chi connectivity index (χ1n) is 4.67. The minimum absolute atomic E-state index is 0.158. The number of oxazole rings is 1. The number of furan rings is 1. The molecule has 0 spiro atoms. The molecule has 2 aromatic heterocycles. The fourth-order valence-electron chi connectivity index (χ4n) is 1.20. The van der Waals surface area contributed by atoms with Gasteiger partial charge in [-0.15, -0.1) is 0 Å². The number of rotatable bonds is 5. The Morgan fingerprint density at radius 2 is 2.38 bits per heavy atom. The third-order valence-electron chi connectivity index (χ3n) is 1.92. The molecule has 0 saturated heterocycles. The van der Waals surface area contributed by atoms with Crippen LogP contribution in [0.15, 0.2) is 33.4 Å². The maximum atomic E-state index is 10.5. The van der Waals surface area contributed by atoms with Crippen molar-refractivity contribution in [2.24, 2.45) is 0 Å². The van der Waals surface area contributed by atoms with Crippen molar-refractivity contribution >= 4 is 5.97 Å². The summed E-state index contributed by atoms with van der Waals surface area (Å²) < 4.78 is 10.1. The molecule has 0 atom stereocenters. The topological polar surface area (TPSA) is 88.5 Å². The normalized spacial score (nSPS) is 10.5. The summed E-state index contributed by atoms with van der Waals surface area (Å²) in [7, 11) is 0. The highest BCUT2D eigenvalue weighted by Gasteiger charge is 2.09. The van der Waals surface area contributed by atoms with E-state index < -0.39 is 5.97 Å². The maximum Gasteiger partial charge on any atom is 0.373 e. The summed E-state index contributed by atoms with van der Waals surface area (Å²) in [6.07, 6.45) is 2.77. The zero-order valence-corrected chi connectivity index (χ0v) is 8.34. The van der Waals surface area contributed by atoms with Crippen LogP contribution in [0.2, 0.25) is 0 Å². The van der Waals surface area contributed by atoms with Gasteiger partial charge < -0.3 is 19.3 Å². The summed E-state index contributed by atoms with van der Waals surface area (Å²) in [5, 5.41) is 11.6. The van der Waals surface area contributed by atoms with Crippen molar-refractivity contribution in [1.29, 1.82) is 0 Å². The fourth-order valence-corrected chi connectivity index (χ4v) is 1.20. The molecule has 0 amide bonds. The standard InChI is InChI=1S/C10H10N2O4/c13-10(14)8-5-12-9(16-8)6-11-4-7-2-1-3-15-7/h1-3,5,11H,4,6H2,(H,13,14). The summed E-state index contributed by atoms with van der Waals surface area (Å²) in [6, 6.07) is 3.63. The van der Waals surface area contributed by atoms with Crippen molar-refractivity contribution in [2.45, 2.75) is 13.1 Å². The molecule has 2 heterocycles. The van der Waals surface area contributed by atoms with E-state index in [0.29, 0.717) is 19.0 Å². The highest BCUT2D eigenvalue weighted by atomic mass is 16.4. The van der Waals surface area contributed by atoms with Gasteiger partial charge in [-0.1, -0.05) is 0 Å². The zero-order chi connectivity index (χ0) is 11.4. The van der Waals surface area contributed by atoms with Crippen molar-refractivity contribution < 1.29 is 18.7 Å². The average molecular weight is 222 g/mol. The van der Waals surface area contributed by atoms with Crippen LogP contribution in [0.1, 0.15) is 22.2 Å². The molecule has 0 aromatic carbocycles. The van der Waals surface area contributed by atoms with Gasteiger partial charge in [-0.05, 0) is 12.1 Å². The Morgan fingerprint density at radius 3 is 3.00 bits per heavy atom. The van der Waals surface area contributed by atoms with Gasteiger partial charge in [-0.3, -0.25) is 0 Å². The third kappa shape index (κ3) is 2.48. The van der Waals surface area contributed by atoms with E-state index >= 15 is 0 Å². The lowest BCUT2D eigenvalue weighted by atomic mass is 10.4. The first-order chi connectivity index (χ1) is 7.75. The van der Waals surface area contributed by atoms with Crippen LogP contribution in [0.4, 0.5) is 0 Å². The average Bonchev–Trinajstić information content (AvgIpc) is 2.87. The van der Waals surface area contributed by atoms with Gasteiger partial charge in [-0.2, -0.15) is 0 Å². The lowest BCUT2D eigenvalue weighted by Crippen LogP contribution is -2.12. The lowest BCUT2D eigenvalue weighted by Gasteiger charge is -1.97. The van der Waals surface area contributed by atoms with Gasteiger partial charge in [0.25, 0.3) is 0 Å². The van der Waals surface area contributed by atoms with E-state index in [4.69, 9.17) is 13.9 Å². The maximum absolute atomic E-state index is 10.5. The van der Waals surface area contributed by atoms with E-state index in [1.54, 1.807) is 12.3 Å². The van der Waals surface area contributed by atoms with Crippen molar-refractivity contribution in [3.8, 4) is 0 Å². The summed E-state index contributed by atoms with van der Waals surface area (Å²) in [6.45, 7) is 0.895. The van der Waals surface area contributed by atoms with Crippen LogP contribution in [0.3, 0.4) is 0 Å². The smallest absolute Gasteiger partial charge is 0.373 e. The van der Waals surface area contributed by atoms with Gasteiger partial charge in [0.05, 0.1) is 25.5 Å². The van der Waals surface area contributed by atoms with Crippen LogP contribution in [-0.4, -0.2) is 16.1 Å². The Labute approximate surface area is 90.9 Å². The molecule has 0 saturated carbocycles. The van der Waals surface area contributed by atoms with Gasteiger partial charge in [0, 0.05) is 0 Å². The molecule has 2 aromatic rings. The number of aromatic carboxylic acids is 1. The molecule has 6 nitrogen and oxygen atoms in total. The molecule has 16 heavy (non-hydrogen) atoms. The van der Waals surface area contributed by atoms with Crippen LogP contribution in [0, 0.1) is 0 Å². The minimum Gasteiger partial charge on any atom is -0.475 e. The summed E-state index contributed by atoms with van der Waals surface area (Å²) in [5.74, 6) is -0.145. The van der Waals surface area contributed by atoms with Gasteiger partial charge in [0.1, 0.15) is 5.76 Å². The molecule has 0 fully saturated rings. The first-order valence-corrected chi connectivity index (χ1v) is 4.67. The molecule has 0 radical (unpaired) electrons. The number of nitrogens with zero attached hydrogens (tertiary/aromatic N) is 1. The number of aromatic nitrogens is 1. The summed E-state index contributed by atoms with van der Waals surface area (Å²) >= 11 is 0. The highest BCUT2D eigenvalue weighted by Crippen LogP contribution is 2.04. The molecule has 84 valence electrons. The van der Waals surface area contributed by atoms with Gasteiger partial charge >= 0.3 is 5.97 Å². The van der Waals surface area contributed by atoms with Gasteiger partial charge in [-0.25, -0.2) is 9.78 Å². The van der Waals surface area contributed by atoms with Crippen LogP contribution >= 0.6 is 0 Å². The molecule has 0 bridgehead atoms. The molecule has 6 heteroatoms. The quantitative estimate of drug-likeness (QED) is 0.791. The van der Waals surface area contributed by atoms with Crippen LogP contribution in [0.25, 0.3) is 0 Å². The monoisotopic (exact) mass is 222 g/mol. The van der Waals surface area contributed by atoms with Crippen LogP contribution < -0.4 is 5.32 Å². The first kappa shape index (κ1) is 10.4. The largest absolute Gasteiger partial charge is 0.475 e. The molecule has 2 N–H and O–H groups in total. The van der Waals surface area contributed by atoms with Crippen molar-refractivity contribution in [1.82, 2.24) is 10.3 Å². The molecule has 0 aliphatic carbocycles. The molecular weight excluding hydrogens is 212 g/mol. The predicted octanol–water partition coefficient (Wildman–Crippen LogP) is 1.26. The third-order valence-corrected chi connectivity index (χ3v) is 1.92. The second-order valence-corrected chi connectivity index (χ2v) is 3.11. The molecule has 0 unspecified atom stereocenters. The Morgan fingerprint density at radius 1 is 1.50 bits per heavy atom. The van der Waals surface area contributed by atoms with Gasteiger partial charge in [0.2, 0.25) is 11.7 Å². The van der Waals surface area contributed by atoms with Crippen molar-refractivity contribution in [3.05, 3.63) is 42.0 Å². The second-order valence-electron chi connectivity index (χ2n) is 3.11.